The van der Waals surface area contributed by atoms with Crippen molar-refractivity contribution in [3.63, 3.8) is 0 Å². The molecule has 4 N–H and O–H groups in total. The Morgan fingerprint density at radius 1 is 1.33 bits per heavy atom. The van der Waals surface area contributed by atoms with Gasteiger partial charge >= 0.3 is 0 Å². The minimum atomic E-state index is 0. The Labute approximate surface area is 79.1 Å². The van der Waals surface area contributed by atoms with Crippen molar-refractivity contribution in [1.29, 1.82) is 0 Å². The number of aliphatic hydroxyl groups excluding tert-OH is 1. The van der Waals surface area contributed by atoms with Crippen LogP contribution in [0, 0.1) is 0 Å². The number of hydrogen-bond donors (Lipinski definition) is 2. The van der Waals surface area contributed by atoms with Crippen molar-refractivity contribution >= 4 is 6.41 Å². The third-order valence-corrected chi connectivity index (χ3v) is 1.45. The van der Waals surface area contributed by atoms with Gasteiger partial charge in [-0.1, -0.05) is 0 Å². The fourth-order valence-corrected chi connectivity index (χ4v) is 0.806. The van der Waals surface area contributed by atoms with Gasteiger partial charge in [0, 0.05) is 26.1 Å². The molecule has 4 nitrogen and oxygen atoms in total. The van der Waals surface area contributed by atoms with Crippen LogP contribution >= 0.6 is 0 Å². The molecule has 12 heavy (non-hydrogen) atoms. The third kappa shape index (κ3) is 7.78. The monoisotopic (exact) mass is 196 g/mol. The summed E-state index contributed by atoms with van der Waals surface area (Å²) in [7, 11) is 0. The molecule has 0 aliphatic heterocycles. The Kier molecular flexibility index (Phi) is 12.7. The molecule has 0 fully saturated rings. The molecule has 0 aromatic rings. The van der Waals surface area contributed by atoms with Crippen LogP contribution in [-0.2, 0) is 4.79 Å². The number of halogens is 1. The number of carbonyl (C=O) groups is 1. The van der Waals surface area contributed by atoms with Crippen LogP contribution in [0.2, 0.25) is 0 Å². The lowest BCUT2D eigenvalue weighted by molar-refractivity contribution is -0.368. The van der Waals surface area contributed by atoms with E-state index in [4.69, 9.17) is 5.11 Å². The van der Waals surface area contributed by atoms with E-state index in [-0.39, 0.29) is 19.0 Å². The van der Waals surface area contributed by atoms with Crippen molar-refractivity contribution in [3.8, 4) is 0 Å². The van der Waals surface area contributed by atoms with Crippen LogP contribution in [0.3, 0.4) is 0 Å². The smallest absolute Gasteiger partial charge is 0.209 e. The standard InChI is InChI=1S/C7H16N2O2.ClH/c8-3-1-4-9(7-11)5-2-6-10;/h7,10H,1-6,8H2;1H. The highest BCUT2D eigenvalue weighted by molar-refractivity contribution is 5.46. The largest absolute Gasteiger partial charge is 1.00 e. The molecule has 0 heterocycles. The van der Waals surface area contributed by atoms with Crippen LogP contribution in [-0.4, -0.2) is 42.7 Å². The molecule has 5 heteroatoms. The summed E-state index contributed by atoms with van der Waals surface area (Å²) in [5.41, 5.74) is 3.68. The zero-order valence-corrected chi connectivity index (χ0v) is 7.96. The minimum absolute atomic E-state index is 0. The quantitative estimate of drug-likeness (QED) is 0.403. The fraction of sp³-hybridized carbons (Fsp3) is 0.857. The first-order chi connectivity index (χ1) is 5.35. The van der Waals surface area contributed by atoms with Crippen LogP contribution in [0.15, 0.2) is 0 Å². The summed E-state index contributed by atoms with van der Waals surface area (Å²) in [4.78, 5) is 12.0. The maximum atomic E-state index is 10.3. The van der Waals surface area contributed by atoms with E-state index in [1.807, 2.05) is 0 Å². The van der Waals surface area contributed by atoms with E-state index in [1.165, 1.54) is 0 Å². The van der Waals surface area contributed by atoms with Gasteiger partial charge in [-0.2, -0.15) is 0 Å². The van der Waals surface area contributed by atoms with E-state index < -0.39 is 0 Å². The zero-order valence-electron chi connectivity index (χ0n) is 7.21. The summed E-state index contributed by atoms with van der Waals surface area (Å²) in [6.45, 7) is 2.41. The lowest BCUT2D eigenvalue weighted by atomic mass is 10.3. The highest BCUT2D eigenvalue weighted by Gasteiger charge is 1.99. The van der Waals surface area contributed by atoms with E-state index in [9.17, 15) is 4.79 Å². The molecule has 0 aliphatic rings. The Morgan fingerprint density at radius 3 is 2.33 bits per heavy atom. The van der Waals surface area contributed by atoms with Gasteiger partial charge in [0.05, 0.1) is 6.54 Å². The predicted molar refractivity (Wildman–Crippen MR) is 41.7 cm³/mol. The van der Waals surface area contributed by atoms with E-state index >= 15 is 0 Å². The molecule has 0 spiro atoms. The van der Waals surface area contributed by atoms with E-state index in [1.54, 1.807) is 4.90 Å². The number of aliphatic hydroxyl groups is 1. The summed E-state index contributed by atoms with van der Waals surface area (Å²) >= 11 is 0. The van der Waals surface area contributed by atoms with Gasteiger partial charge in [0.2, 0.25) is 6.41 Å². The van der Waals surface area contributed by atoms with Crippen LogP contribution in [0.1, 0.15) is 12.8 Å². The second-order valence-corrected chi connectivity index (χ2v) is 2.43. The number of quaternary nitrogens is 1. The lowest BCUT2D eigenvalue weighted by Gasteiger charge is -2.14. The van der Waals surface area contributed by atoms with Gasteiger partial charge in [-0.05, 0) is 6.42 Å². The Morgan fingerprint density at radius 2 is 1.92 bits per heavy atom. The van der Waals surface area contributed by atoms with Crippen molar-refractivity contribution in [2.75, 3.05) is 26.2 Å². The molecule has 0 saturated heterocycles. The van der Waals surface area contributed by atoms with Gasteiger partial charge in [-0.15, -0.1) is 0 Å². The number of rotatable bonds is 7. The van der Waals surface area contributed by atoms with Gasteiger partial charge in [0.1, 0.15) is 0 Å². The zero-order chi connectivity index (χ0) is 8.53. The molecule has 74 valence electrons. The van der Waals surface area contributed by atoms with E-state index in [0.29, 0.717) is 13.0 Å². The summed E-state index contributed by atoms with van der Waals surface area (Å²) in [6.07, 6.45) is 2.42. The SMILES string of the molecule is [Cl-].[NH3+]CCCN(C=O)CCCO. The van der Waals surface area contributed by atoms with Crippen LogP contribution in [0.25, 0.3) is 0 Å². The first-order valence-corrected chi connectivity index (χ1v) is 3.94. The molecule has 0 atom stereocenters. The molecule has 1 amide bonds. The molecular weight excluding hydrogens is 180 g/mol. The fourth-order valence-electron chi connectivity index (χ4n) is 0.806. The molecular formula is C7H17ClN2O2. The maximum Gasteiger partial charge on any atom is 0.209 e. The normalized spacial score (nSPS) is 8.83. The summed E-state index contributed by atoms with van der Waals surface area (Å²) in [5, 5.41) is 8.48. The average Bonchev–Trinajstić information content (AvgIpc) is 2.05. The molecule has 0 rings (SSSR count). The number of nitrogens with zero attached hydrogens (tertiary/aromatic N) is 1. The molecule has 0 aliphatic carbocycles. The second kappa shape index (κ2) is 10.7. The van der Waals surface area contributed by atoms with Gasteiger partial charge < -0.3 is 28.1 Å². The molecule has 0 saturated carbocycles. The predicted octanol–water partition coefficient (Wildman–Crippen LogP) is -4.54. The molecule has 0 bridgehead atoms. The molecule has 0 aromatic carbocycles. The second-order valence-electron chi connectivity index (χ2n) is 2.43. The summed E-state index contributed by atoms with van der Waals surface area (Å²) in [5.74, 6) is 0. The Hall–Kier alpha value is -0.320. The van der Waals surface area contributed by atoms with E-state index in [2.05, 4.69) is 5.73 Å². The first kappa shape index (κ1) is 14.2. The topological polar surface area (TPSA) is 68.2 Å². The van der Waals surface area contributed by atoms with Crippen molar-refractivity contribution in [2.45, 2.75) is 12.8 Å². The number of amides is 1. The van der Waals surface area contributed by atoms with Gasteiger partial charge in [0.15, 0.2) is 0 Å². The summed E-state index contributed by atoms with van der Waals surface area (Å²) in [6, 6.07) is 0. The highest BCUT2D eigenvalue weighted by atomic mass is 35.5. The van der Waals surface area contributed by atoms with Crippen molar-refractivity contribution in [1.82, 2.24) is 4.90 Å². The summed E-state index contributed by atoms with van der Waals surface area (Å²) < 4.78 is 0. The van der Waals surface area contributed by atoms with Crippen LogP contribution < -0.4 is 18.1 Å². The Bertz CT molecular complexity index is 95.4. The van der Waals surface area contributed by atoms with Gasteiger partial charge in [0.25, 0.3) is 0 Å². The van der Waals surface area contributed by atoms with E-state index in [0.717, 1.165) is 25.9 Å². The maximum absolute atomic E-state index is 10.3. The molecule has 0 radical (unpaired) electrons. The van der Waals surface area contributed by atoms with Crippen LogP contribution in [0.5, 0.6) is 0 Å². The first-order valence-electron chi connectivity index (χ1n) is 3.94. The Balaban J connectivity index is 0. The molecule has 0 aromatic heterocycles. The number of carbonyl (C=O) groups excluding carboxylic acids is 1. The van der Waals surface area contributed by atoms with Crippen molar-refractivity contribution < 1.29 is 28.0 Å². The van der Waals surface area contributed by atoms with Crippen molar-refractivity contribution in [3.05, 3.63) is 0 Å². The third-order valence-electron chi connectivity index (χ3n) is 1.45. The van der Waals surface area contributed by atoms with Gasteiger partial charge in [-0.3, -0.25) is 4.79 Å². The van der Waals surface area contributed by atoms with Gasteiger partial charge in [-0.25, -0.2) is 0 Å². The highest BCUT2D eigenvalue weighted by Crippen LogP contribution is 1.88. The number of hydrogen-bond acceptors (Lipinski definition) is 2. The molecule has 0 unspecified atom stereocenters. The lowest BCUT2D eigenvalue weighted by Crippen LogP contribution is -3.00. The van der Waals surface area contributed by atoms with Crippen molar-refractivity contribution in [2.24, 2.45) is 0 Å². The minimum Gasteiger partial charge on any atom is -1.00 e. The average molecular weight is 197 g/mol. The van der Waals surface area contributed by atoms with Crippen LogP contribution in [0.4, 0.5) is 0 Å².